The minimum Gasteiger partial charge on any atom is -0.380 e. The molecule has 0 bridgehead atoms. The first kappa shape index (κ1) is 12.2. The van der Waals surface area contributed by atoms with E-state index >= 15 is 0 Å². The molecular weight excluding hydrogens is 289 g/mol. The summed E-state index contributed by atoms with van der Waals surface area (Å²) in [5.41, 5.74) is 2.39. The topological polar surface area (TPSA) is 12.5 Å². The normalized spacial score (nSPS) is 20.4. The quantitative estimate of drug-likeness (QED) is 0.793. The van der Waals surface area contributed by atoms with Gasteiger partial charge in [0, 0.05) is 25.5 Å². The molecule has 1 atom stereocenters. The van der Waals surface area contributed by atoms with Crippen molar-refractivity contribution in [3.05, 3.63) is 28.8 Å². The third kappa shape index (κ3) is 2.36. The van der Waals surface area contributed by atoms with Gasteiger partial charge in [-0.3, -0.25) is 0 Å². The van der Waals surface area contributed by atoms with Crippen molar-refractivity contribution in [1.82, 2.24) is 0 Å². The van der Waals surface area contributed by atoms with Gasteiger partial charge in [-0.25, -0.2) is 0 Å². The van der Waals surface area contributed by atoms with Crippen LogP contribution in [0.4, 0.5) is 5.69 Å². The van der Waals surface area contributed by atoms with E-state index in [2.05, 4.69) is 26.9 Å². The van der Waals surface area contributed by atoms with E-state index in [0.717, 1.165) is 35.6 Å². The number of nitrogens with zero attached hydrogens (tertiary/aromatic N) is 1. The predicted molar refractivity (Wildman–Crippen MR) is 71.7 cm³/mol. The second kappa shape index (κ2) is 5.39. The highest BCUT2D eigenvalue weighted by molar-refractivity contribution is 9.08. The summed E-state index contributed by atoms with van der Waals surface area (Å²) in [7, 11) is 1.77. The first-order chi connectivity index (χ1) is 7.76. The molecule has 2 nitrogen and oxygen atoms in total. The molecule has 0 aromatic heterocycles. The highest BCUT2D eigenvalue weighted by Gasteiger charge is 2.25. The molecule has 1 aliphatic rings. The van der Waals surface area contributed by atoms with Crippen LogP contribution in [0.3, 0.4) is 0 Å². The van der Waals surface area contributed by atoms with Gasteiger partial charge in [0.15, 0.2) is 0 Å². The number of hydrogen-bond acceptors (Lipinski definition) is 2. The molecule has 1 aromatic carbocycles. The lowest BCUT2D eigenvalue weighted by Crippen LogP contribution is -2.23. The molecular formula is C12H15BrClNO. The molecule has 1 fully saturated rings. The van der Waals surface area contributed by atoms with Crippen LogP contribution in [0.2, 0.25) is 5.02 Å². The molecule has 4 heteroatoms. The van der Waals surface area contributed by atoms with Crippen LogP contribution in [0.15, 0.2) is 18.2 Å². The maximum absolute atomic E-state index is 6.28. The number of ether oxygens (including phenoxy) is 1. The average Bonchev–Trinajstić information content (AvgIpc) is 2.76. The summed E-state index contributed by atoms with van der Waals surface area (Å²) in [4.78, 5) is 2.31. The zero-order valence-electron chi connectivity index (χ0n) is 9.25. The lowest BCUT2D eigenvalue weighted by Gasteiger charge is -2.22. The Balaban J connectivity index is 2.26. The Hall–Kier alpha value is -0.250. The molecule has 0 spiro atoms. The van der Waals surface area contributed by atoms with Gasteiger partial charge in [-0.2, -0.15) is 0 Å². The number of hydrogen-bond donors (Lipinski definition) is 0. The van der Waals surface area contributed by atoms with Crippen molar-refractivity contribution >= 4 is 33.2 Å². The summed E-state index contributed by atoms with van der Waals surface area (Å²) in [5, 5.41) is 1.66. The lowest BCUT2D eigenvalue weighted by molar-refractivity contribution is 0.121. The first-order valence-corrected chi connectivity index (χ1v) is 6.87. The predicted octanol–water partition coefficient (Wildman–Crippen LogP) is 3.46. The van der Waals surface area contributed by atoms with Crippen molar-refractivity contribution in [2.45, 2.75) is 17.9 Å². The standard InChI is InChI=1S/C12H15BrClNO/c1-16-10-5-6-15(8-10)12-9(7-13)3-2-4-11(12)14/h2-4,10H,5-8H2,1H3. The number of para-hydroxylation sites is 1. The second-order valence-corrected chi connectivity index (χ2v) is 4.94. The number of methoxy groups -OCH3 is 1. The molecule has 0 N–H and O–H groups in total. The van der Waals surface area contributed by atoms with Crippen molar-refractivity contribution in [3.8, 4) is 0 Å². The molecule has 1 aliphatic heterocycles. The van der Waals surface area contributed by atoms with Crippen molar-refractivity contribution in [2.24, 2.45) is 0 Å². The average molecular weight is 305 g/mol. The Bertz CT molecular complexity index is 372. The number of benzene rings is 1. The van der Waals surface area contributed by atoms with E-state index < -0.39 is 0 Å². The number of alkyl halides is 1. The van der Waals surface area contributed by atoms with Gasteiger partial charge in [-0.05, 0) is 18.1 Å². The van der Waals surface area contributed by atoms with E-state index in [4.69, 9.17) is 16.3 Å². The Kier molecular flexibility index (Phi) is 4.11. The molecule has 88 valence electrons. The summed E-state index contributed by atoms with van der Waals surface area (Å²) >= 11 is 9.78. The minimum absolute atomic E-state index is 0.333. The van der Waals surface area contributed by atoms with Crippen LogP contribution in [0, 0.1) is 0 Å². The van der Waals surface area contributed by atoms with E-state index in [1.54, 1.807) is 7.11 Å². The van der Waals surface area contributed by atoms with Gasteiger partial charge in [-0.1, -0.05) is 39.7 Å². The number of rotatable bonds is 3. The maximum atomic E-state index is 6.28. The highest BCUT2D eigenvalue weighted by Crippen LogP contribution is 2.33. The molecule has 16 heavy (non-hydrogen) atoms. The van der Waals surface area contributed by atoms with Gasteiger partial charge < -0.3 is 9.64 Å². The largest absolute Gasteiger partial charge is 0.380 e. The molecule has 1 aromatic rings. The summed E-state index contributed by atoms with van der Waals surface area (Å²) in [6.07, 6.45) is 1.41. The smallest absolute Gasteiger partial charge is 0.0762 e. The summed E-state index contributed by atoms with van der Waals surface area (Å²) in [6, 6.07) is 6.05. The zero-order valence-corrected chi connectivity index (χ0v) is 11.6. The fourth-order valence-corrected chi connectivity index (χ4v) is 2.91. The molecule has 0 saturated carbocycles. The van der Waals surface area contributed by atoms with Gasteiger partial charge in [0.2, 0.25) is 0 Å². The molecule has 0 aliphatic carbocycles. The van der Waals surface area contributed by atoms with Crippen LogP contribution in [0.25, 0.3) is 0 Å². The van der Waals surface area contributed by atoms with E-state index in [1.807, 2.05) is 12.1 Å². The van der Waals surface area contributed by atoms with Crippen molar-refractivity contribution in [2.75, 3.05) is 25.1 Å². The van der Waals surface area contributed by atoms with E-state index in [-0.39, 0.29) is 0 Å². The van der Waals surface area contributed by atoms with Crippen LogP contribution in [0.1, 0.15) is 12.0 Å². The van der Waals surface area contributed by atoms with Gasteiger partial charge >= 0.3 is 0 Å². The van der Waals surface area contributed by atoms with Crippen LogP contribution in [-0.2, 0) is 10.1 Å². The molecule has 0 amide bonds. The SMILES string of the molecule is COC1CCN(c2c(Cl)cccc2CBr)C1. The van der Waals surface area contributed by atoms with Crippen LogP contribution in [0.5, 0.6) is 0 Å². The Labute approximate surface area is 110 Å². The van der Waals surface area contributed by atoms with Crippen LogP contribution >= 0.6 is 27.5 Å². The Morgan fingerprint density at radius 3 is 3.00 bits per heavy atom. The van der Waals surface area contributed by atoms with Gasteiger partial charge in [0.25, 0.3) is 0 Å². The fraction of sp³-hybridized carbons (Fsp3) is 0.500. The monoisotopic (exact) mass is 303 g/mol. The summed E-state index contributed by atoms with van der Waals surface area (Å²) < 4.78 is 5.38. The number of halogens is 2. The lowest BCUT2D eigenvalue weighted by atomic mass is 10.2. The van der Waals surface area contributed by atoms with Gasteiger partial charge in [0.05, 0.1) is 16.8 Å². The summed E-state index contributed by atoms with van der Waals surface area (Å²) in [5.74, 6) is 0. The zero-order chi connectivity index (χ0) is 11.5. The second-order valence-electron chi connectivity index (χ2n) is 3.97. The summed E-state index contributed by atoms with van der Waals surface area (Å²) in [6.45, 7) is 1.95. The van der Waals surface area contributed by atoms with E-state index in [9.17, 15) is 0 Å². The third-order valence-electron chi connectivity index (χ3n) is 3.01. The molecule has 2 rings (SSSR count). The Morgan fingerprint density at radius 2 is 2.38 bits per heavy atom. The van der Waals surface area contributed by atoms with E-state index in [0.29, 0.717) is 6.10 Å². The van der Waals surface area contributed by atoms with Gasteiger partial charge in [0.1, 0.15) is 0 Å². The van der Waals surface area contributed by atoms with Crippen molar-refractivity contribution in [1.29, 1.82) is 0 Å². The van der Waals surface area contributed by atoms with E-state index in [1.165, 1.54) is 5.56 Å². The van der Waals surface area contributed by atoms with Crippen LogP contribution < -0.4 is 4.90 Å². The van der Waals surface area contributed by atoms with Crippen LogP contribution in [-0.4, -0.2) is 26.3 Å². The first-order valence-electron chi connectivity index (χ1n) is 5.37. The number of anilines is 1. The highest BCUT2D eigenvalue weighted by atomic mass is 79.9. The Morgan fingerprint density at radius 1 is 1.56 bits per heavy atom. The third-order valence-corrected chi connectivity index (χ3v) is 3.92. The minimum atomic E-state index is 0.333. The molecule has 0 radical (unpaired) electrons. The molecule has 1 unspecified atom stereocenters. The molecule has 1 saturated heterocycles. The van der Waals surface area contributed by atoms with Gasteiger partial charge in [-0.15, -0.1) is 0 Å². The molecule has 1 heterocycles. The van der Waals surface area contributed by atoms with Crippen molar-refractivity contribution in [3.63, 3.8) is 0 Å². The van der Waals surface area contributed by atoms with Crippen molar-refractivity contribution < 1.29 is 4.74 Å². The maximum Gasteiger partial charge on any atom is 0.0762 e. The fourth-order valence-electron chi connectivity index (χ4n) is 2.15.